The van der Waals surface area contributed by atoms with Crippen molar-refractivity contribution in [1.82, 2.24) is 0 Å². The summed E-state index contributed by atoms with van der Waals surface area (Å²) in [7, 11) is 1.54. The third-order valence-corrected chi connectivity index (χ3v) is 3.66. The van der Waals surface area contributed by atoms with Gasteiger partial charge in [0.1, 0.15) is 18.1 Å². The van der Waals surface area contributed by atoms with E-state index in [-0.39, 0.29) is 0 Å². The molecule has 1 N–H and O–H groups in total. The molecule has 1 atom stereocenters. The van der Waals surface area contributed by atoms with Crippen molar-refractivity contribution in [3.8, 4) is 11.5 Å². The molecule has 2 aromatic rings. The molecule has 0 spiro atoms. The number of esters is 1. The molecule has 0 aliphatic rings. The smallest absolute Gasteiger partial charge is 0.331 e. The molecule has 0 fully saturated rings. The Labute approximate surface area is 164 Å². The summed E-state index contributed by atoms with van der Waals surface area (Å²) in [5, 5.41) is 2.68. The van der Waals surface area contributed by atoms with Crippen molar-refractivity contribution in [1.29, 1.82) is 0 Å². The Kier molecular flexibility index (Phi) is 7.84. The van der Waals surface area contributed by atoms with Crippen LogP contribution in [-0.2, 0) is 14.3 Å². The van der Waals surface area contributed by atoms with Crippen LogP contribution in [0, 0.1) is 0 Å². The first-order valence-corrected chi connectivity index (χ1v) is 8.69. The average Bonchev–Trinajstić information content (AvgIpc) is 2.71. The van der Waals surface area contributed by atoms with E-state index < -0.39 is 18.0 Å². The van der Waals surface area contributed by atoms with Crippen molar-refractivity contribution >= 4 is 23.6 Å². The molecular weight excluding hydrogens is 358 g/mol. The van der Waals surface area contributed by atoms with E-state index in [4.69, 9.17) is 14.2 Å². The Morgan fingerprint density at radius 3 is 2.57 bits per heavy atom. The lowest BCUT2D eigenvalue weighted by molar-refractivity contribution is -0.148. The van der Waals surface area contributed by atoms with Gasteiger partial charge in [-0.15, -0.1) is 0 Å². The van der Waals surface area contributed by atoms with E-state index in [1.807, 2.05) is 0 Å². The fourth-order valence-corrected chi connectivity index (χ4v) is 2.21. The SMILES string of the molecule is C=CCOc1ccc(/C=C/C(=O)O[C@H](C)C(=O)Nc2cccc(OC)c2)cc1. The first-order valence-electron chi connectivity index (χ1n) is 8.69. The number of carbonyl (C=O) groups is 2. The van der Waals surface area contributed by atoms with E-state index in [1.165, 1.54) is 13.0 Å². The van der Waals surface area contributed by atoms with Gasteiger partial charge < -0.3 is 19.5 Å². The van der Waals surface area contributed by atoms with Gasteiger partial charge in [-0.2, -0.15) is 0 Å². The van der Waals surface area contributed by atoms with Crippen LogP contribution in [0.4, 0.5) is 5.69 Å². The number of amides is 1. The molecule has 146 valence electrons. The second-order valence-corrected chi connectivity index (χ2v) is 5.80. The molecule has 0 heterocycles. The quantitative estimate of drug-likeness (QED) is 0.406. The van der Waals surface area contributed by atoms with Crippen LogP contribution in [0.1, 0.15) is 12.5 Å². The van der Waals surface area contributed by atoms with Crippen molar-refractivity contribution in [3.63, 3.8) is 0 Å². The number of anilines is 1. The fraction of sp³-hybridized carbons (Fsp3) is 0.182. The van der Waals surface area contributed by atoms with Crippen LogP contribution in [0.2, 0.25) is 0 Å². The minimum absolute atomic E-state index is 0.428. The van der Waals surface area contributed by atoms with E-state index in [0.717, 1.165) is 5.56 Å². The molecule has 0 aliphatic heterocycles. The zero-order chi connectivity index (χ0) is 20.4. The van der Waals surface area contributed by atoms with Crippen LogP contribution in [0.25, 0.3) is 6.08 Å². The molecule has 2 rings (SSSR count). The molecule has 0 aromatic heterocycles. The molecule has 0 saturated carbocycles. The van der Waals surface area contributed by atoms with Crippen molar-refractivity contribution < 1.29 is 23.8 Å². The number of nitrogens with one attached hydrogen (secondary N) is 1. The zero-order valence-electron chi connectivity index (χ0n) is 15.9. The molecule has 1 amide bonds. The van der Waals surface area contributed by atoms with Gasteiger partial charge in [0, 0.05) is 17.8 Å². The lowest BCUT2D eigenvalue weighted by Crippen LogP contribution is -2.29. The topological polar surface area (TPSA) is 73.9 Å². The van der Waals surface area contributed by atoms with E-state index in [2.05, 4.69) is 11.9 Å². The first-order chi connectivity index (χ1) is 13.5. The van der Waals surface area contributed by atoms with Crippen LogP contribution in [-0.4, -0.2) is 31.7 Å². The van der Waals surface area contributed by atoms with Crippen LogP contribution in [0.5, 0.6) is 11.5 Å². The molecule has 0 radical (unpaired) electrons. The summed E-state index contributed by atoms with van der Waals surface area (Å²) >= 11 is 0. The molecule has 0 aliphatic carbocycles. The zero-order valence-corrected chi connectivity index (χ0v) is 15.9. The van der Waals surface area contributed by atoms with Gasteiger partial charge in [-0.05, 0) is 42.8 Å². The molecule has 6 nitrogen and oxygen atoms in total. The molecular formula is C22H23NO5. The number of carbonyl (C=O) groups excluding carboxylic acids is 2. The average molecular weight is 381 g/mol. The number of rotatable bonds is 9. The largest absolute Gasteiger partial charge is 0.497 e. The van der Waals surface area contributed by atoms with Crippen LogP contribution < -0.4 is 14.8 Å². The highest BCUT2D eigenvalue weighted by atomic mass is 16.5. The van der Waals surface area contributed by atoms with E-state index in [9.17, 15) is 9.59 Å². The van der Waals surface area contributed by atoms with Crippen LogP contribution in [0.15, 0.2) is 67.3 Å². The second-order valence-electron chi connectivity index (χ2n) is 5.80. The summed E-state index contributed by atoms with van der Waals surface area (Å²) in [6.45, 7) is 5.52. The fourth-order valence-electron chi connectivity index (χ4n) is 2.21. The highest BCUT2D eigenvalue weighted by Gasteiger charge is 2.16. The maximum atomic E-state index is 12.2. The van der Waals surface area contributed by atoms with Crippen molar-refractivity contribution in [3.05, 3.63) is 72.8 Å². The Morgan fingerprint density at radius 2 is 1.89 bits per heavy atom. The predicted octanol–water partition coefficient (Wildman–Crippen LogP) is 3.84. The highest BCUT2D eigenvalue weighted by Crippen LogP contribution is 2.17. The van der Waals surface area contributed by atoms with Crippen LogP contribution >= 0.6 is 0 Å². The summed E-state index contributed by atoms with van der Waals surface area (Å²) in [6, 6.07) is 14.1. The minimum Gasteiger partial charge on any atom is -0.497 e. The lowest BCUT2D eigenvalue weighted by Gasteiger charge is -2.13. The number of methoxy groups -OCH3 is 1. The highest BCUT2D eigenvalue weighted by molar-refractivity contribution is 5.96. The normalized spacial score (nSPS) is 11.5. The standard InChI is InChI=1S/C22H23NO5/c1-4-14-27-19-11-8-17(9-12-19)10-13-21(24)28-16(2)22(25)23-18-6-5-7-20(15-18)26-3/h4-13,15-16H,1,14H2,2-3H3,(H,23,25)/b13-10+/t16-/m1/s1. The van der Waals surface area contributed by atoms with E-state index in [0.29, 0.717) is 23.8 Å². The summed E-state index contributed by atoms with van der Waals surface area (Å²) in [5.74, 6) is 0.285. The molecule has 2 aromatic carbocycles. The minimum atomic E-state index is -0.946. The summed E-state index contributed by atoms with van der Waals surface area (Å²) in [5.41, 5.74) is 1.36. The second kappa shape index (κ2) is 10.6. The van der Waals surface area contributed by atoms with Gasteiger partial charge in [0.05, 0.1) is 7.11 Å². The maximum absolute atomic E-state index is 12.2. The van der Waals surface area contributed by atoms with Gasteiger partial charge in [-0.25, -0.2) is 4.79 Å². The van der Waals surface area contributed by atoms with Gasteiger partial charge in [0.25, 0.3) is 5.91 Å². The number of ether oxygens (including phenoxy) is 3. The van der Waals surface area contributed by atoms with Gasteiger partial charge in [0.2, 0.25) is 0 Å². The summed E-state index contributed by atoms with van der Waals surface area (Å²) < 4.78 is 15.6. The van der Waals surface area contributed by atoms with Gasteiger partial charge in [0.15, 0.2) is 6.10 Å². The molecule has 6 heteroatoms. The van der Waals surface area contributed by atoms with Crippen LogP contribution in [0.3, 0.4) is 0 Å². The first kappa shape index (κ1) is 20.8. The van der Waals surface area contributed by atoms with Gasteiger partial charge in [-0.3, -0.25) is 4.79 Å². The monoisotopic (exact) mass is 381 g/mol. The summed E-state index contributed by atoms with van der Waals surface area (Å²) in [4.78, 5) is 24.1. The van der Waals surface area contributed by atoms with Crippen molar-refractivity contribution in [2.75, 3.05) is 19.0 Å². The number of hydrogen-bond donors (Lipinski definition) is 1. The van der Waals surface area contributed by atoms with Crippen molar-refractivity contribution in [2.45, 2.75) is 13.0 Å². The molecule has 0 bridgehead atoms. The Balaban J connectivity index is 1.86. The number of benzene rings is 2. The Morgan fingerprint density at radius 1 is 1.14 bits per heavy atom. The Hall–Kier alpha value is -3.54. The van der Waals surface area contributed by atoms with Gasteiger partial charge in [-0.1, -0.05) is 30.9 Å². The van der Waals surface area contributed by atoms with E-state index >= 15 is 0 Å². The molecule has 0 unspecified atom stereocenters. The Bertz CT molecular complexity index is 842. The lowest BCUT2D eigenvalue weighted by atomic mass is 10.2. The predicted molar refractivity (Wildman–Crippen MR) is 108 cm³/mol. The molecule has 0 saturated heterocycles. The summed E-state index contributed by atoms with van der Waals surface area (Å²) in [6.07, 6.45) is 3.59. The van der Waals surface area contributed by atoms with Gasteiger partial charge >= 0.3 is 5.97 Å². The third kappa shape index (κ3) is 6.64. The third-order valence-electron chi connectivity index (χ3n) is 3.66. The van der Waals surface area contributed by atoms with E-state index in [1.54, 1.807) is 67.8 Å². The number of hydrogen-bond acceptors (Lipinski definition) is 5. The maximum Gasteiger partial charge on any atom is 0.331 e. The van der Waals surface area contributed by atoms with Crippen molar-refractivity contribution in [2.24, 2.45) is 0 Å². The molecule has 28 heavy (non-hydrogen) atoms.